The molecule has 0 atom stereocenters. The Morgan fingerprint density at radius 1 is 1.50 bits per heavy atom. The van der Waals surface area contributed by atoms with Crippen LogP contribution in [0.4, 0.5) is 0 Å². The number of rotatable bonds is 4. The first-order chi connectivity index (χ1) is 5.61. The third-order valence-corrected chi connectivity index (χ3v) is 1.83. The molecule has 0 bridgehead atoms. The van der Waals surface area contributed by atoms with Crippen LogP contribution in [0.5, 0.6) is 0 Å². The fraction of sp³-hybridized carbons (Fsp3) is 0.545. The van der Waals surface area contributed by atoms with Crippen LogP contribution in [0.25, 0.3) is 0 Å². The van der Waals surface area contributed by atoms with Crippen molar-refractivity contribution < 1.29 is 0 Å². The molecule has 0 rings (SSSR count). The number of allylic oxidation sites excluding steroid dienone is 3. The van der Waals surface area contributed by atoms with E-state index >= 15 is 0 Å². The average Bonchev–Trinajstić information content (AvgIpc) is 2.05. The summed E-state index contributed by atoms with van der Waals surface area (Å²) < 4.78 is 0. The molecule has 0 aromatic heterocycles. The van der Waals surface area contributed by atoms with Crippen LogP contribution in [0, 0.1) is 5.92 Å². The van der Waals surface area contributed by atoms with Crippen LogP contribution in [-0.2, 0) is 0 Å². The number of aliphatic imine (C=N–C) groups is 1. The van der Waals surface area contributed by atoms with Gasteiger partial charge in [-0.2, -0.15) is 0 Å². The Bertz CT molecular complexity index is 197. The zero-order valence-corrected chi connectivity index (χ0v) is 8.59. The molecule has 0 aliphatic carbocycles. The van der Waals surface area contributed by atoms with E-state index in [1.54, 1.807) is 0 Å². The van der Waals surface area contributed by atoms with Crippen LogP contribution in [0.1, 0.15) is 34.1 Å². The van der Waals surface area contributed by atoms with E-state index in [9.17, 15) is 0 Å². The Morgan fingerprint density at radius 3 is 2.42 bits per heavy atom. The zero-order valence-electron chi connectivity index (χ0n) is 8.59. The van der Waals surface area contributed by atoms with Crippen molar-refractivity contribution in [3.05, 3.63) is 23.9 Å². The van der Waals surface area contributed by atoms with Crippen molar-refractivity contribution in [2.45, 2.75) is 34.1 Å². The van der Waals surface area contributed by atoms with Gasteiger partial charge in [-0.05, 0) is 24.8 Å². The van der Waals surface area contributed by atoms with Gasteiger partial charge in [0.2, 0.25) is 0 Å². The number of hydrogen-bond acceptors (Lipinski definition) is 1. The molecule has 1 nitrogen and oxygen atoms in total. The van der Waals surface area contributed by atoms with Gasteiger partial charge >= 0.3 is 0 Å². The van der Waals surface area contributed by atoms with Crippen molar-refractivity contribution in [1.29, 1.82) is 0 Å². The van der Waals surface area contributed by atoms with Crippen molar-refractivity contribution >= 4 is 6.21 Å². The van der Waals surface area contributed by atoms with Gasteiger partial charge in [-0.1, -0.05) is 33.4 Å². The minimum absolute atomic E-state index is 0.490. The van der Waals surface area contributed by atoms with Crippen LogP contribution in [0.3, 0.4) is 0 Å². The molecule has 0 heterocycles. The predicted octanol–water partition coefficient (Wildman–Crippen LogP) is 3.58. The Hall–Kier alpha value is -0.850. The van der Waals surface area contributed by atoms with Crippen molar-refractivity contribution in [3.63, 3.8) is 0 Å². The molecule has 0 fully saturated rings. The van der Waals surface area contributed by atoms with Gasteiger partial charge in [0.25, 0.3) is 0 Å². The lowest BCUT2D eigenvalue weighted by Crippen LogP contribution is -1.93. The molecule has 0 saturated heterocycles. The van der Waals surface area contributed by atoms with E-state index < -0.39 is 0 Å². The third-order valence-electron chi connectivity index (χ3n) is 1.83. The van der Waals surface area contributed by atoms with Crippen molar-refractivity contribution in [2.75, 3.05) is 0 Å². The molecule has 1 heteroatoms. The maximum atomic E-state index is 4.32. The van der Waals surface area contributed by atoms with Gasteiger partial charge in [0, 0.05) is 11.9 Å². The zero-order chi connectivity index (χ0) is 9.56. The monoisotopic (exact) mass is 165 g/mol. The summed E-state index contributed by atoms with van der Waals surface area (Å²) in [7, 11) is 0. The normalized spacial score (nSPS) is 12.9. The van der Waals surface area contributed by atoms with Crippen LogP contribution >= 0.6 is 0 Å². The van der Waals surface area contributed by atoms with Crippen molar-refractivity contribution in [3.8, 4) is 0 Å². The minimum atomic E-state index is 0.490. The number of nitrogens with zero attached hydrogens (tertiary/aromatic N) is 1. The van der Waals surface area contributed by atoms with Gasteiger partial charge in [-0.3, -0.25) is 4.99 Å². The maximum absolute atomic E-state index is 4.32. The molecule has 0 aromatic rings. The van der Waals surface area contributed by atoms with E-state index in [0.29, 0.717) is 5.92 Å². The fourth-order valence-electron chi connectivity index (χ4n) is 0.685. The molecule has 0 amide bonds. The molecule has 0 aliphatic heterocycles. The van der Waals surface area contributed by atoms with E-state index in [4.69, 9.17) is 0 Å². The molecule has 0 aromatic carbocycles. The number of hydrogen-bond donors (Lipinski definition) is 0. The molecule has 68 valence electrons. The summed E-state index contributed by atoms with van der Waals surface area (Å²) in [5.41, 5.74) is 2.21. The summed E-state index contributed by atoms with van der Waals surface area (Å²) in [5.74, 6) is 0.490. The Balaban J connectivity index is 4.15. The molecule has 0 N–H and O–H groups in total. The van der Waals surface area contributed by atoms with Gasteiger partial charge in [-0.15, -0.1) is 0 Å². The van der Waals surface area contributed by atoms with Crippen molar-refractivity contribution in [2.24, 2.45) is 10.9 Å². The van der Waals surface area contributed by atoms with Crippen LogP contribution in [-0.4, -0.2) is 6.21 Å². The molecule has 0 aliphatic rings. The van der Waals surface area contributed by atoms with Gasteiger partial charge < -0.3 is 0 Å². The van der Waals surface area contributed by atoms with Crippen LogP contribution in [0.15, 0.2) is 28.9 Å². The second-order valence-corrected chi connectivity index (χ2v) is 3.12. The maximum Gasteiger partial charge on any atom is 0.0358 e. The molecule has 0 spiro atoms. The highest BCUT2D eigenvalue weighted by Crippen LogP contribution is 2.06. The first-order valence-electron chi connectivity index (χ1n) is 4.49. The van der Waals surface area contributed by atoms with Crippen LogP contribution < -0.4 is 0 Å². The first kappa shape index (κ1) is 11.2. The summed E-state index contributed by atoms with van der Waals surface area (Å²) >= 11 is 0. The summed E-state index contributed by atoms with van der Waals surface area (Å²) in [5, 5.41) is 0. The average molecular weight is 165 g/mol. The lowest BCUT2D eigenvalue weighted by Gasteiger charge is -2.02. The van der Waals surface area contributed by atoms with E-state index in [0.717, 1.165) is 17.7 Å². The second-order valence-electron chi connectivity index (χ2n) is 3.12. The van der Waals surface area contributed by atoms with Gasteiger partial charge in [0.05, 0.1) is 0 Å². The predicted molar refractivity (Wildman–Crippen MR) is 56.5 cm³/mol. The lowest BCUT2D eigenvalue weighted by molar-refractivity contribution is 0.809. The quantitative estimate of drug-likeness (QED) is 0.564. The topological polar surface area (TPSA) is 12.4 Å². The summed E-state index contributed by atoms with van der Waals surface area (Å²) in [6.45, 7) is 12.3. The summed E-state index contributed by atoms with van der Waals surface area (Å²) in [6.07, 6.45) is 4.88. The lowest BCUT2D eigenvalue weighted by atomic mass is 10.1. The van der Waals surface area contributed by atoms with Crippen molar-refractivity contribution in [1.82, 2.24) is 0 Å². The molecule has 12 heavy (non-hydrogen) atoms. The SMILES string of the molecule is C=C(/C=N\C(=C/C)CC)C(C)C. The highest BCUT2D eigenvalue weighted by molar-refractivity contribution is 5.78. The second kappa shape index (κ2) is 5.76. The van der Waals surface area contributed by atoms with E-state index in [2.05, 4.69) is 32.3 Å². The van der Waals surface area contributed by atoms with Gasteiger partial charge in [-0.25, -0.2) is 0 Å². The Labute approximate surface area is 75.9 Å². The smallest absolute Gasteiger partial charge is 0.0358 e. The Morgan fingerprint density at radius 2 is 2.08 bits per heavy atom. The molecular weight excluding hydrogens is 146 g/mol. The van der Waals surface area contributed by atoms with E-state index in [1.807, 2.05) is 19.2 Å². The molecule has 0 radical (unpaired) electrons. The molecular formula is C11H19N. The first-order valence-corrected chi connectivity index (χ1v) is 4.49. The minimum Gasteiger partial charge on any atom is -0.261 e. The highest BCUT2D eigenvalue weighted by Gasteiger charge is 1.95. The Kier molecular flexibility index (Phi) is 5.35. The fourth-order valence-corrected chi connectivity index (χ4v) is 0.685. The van der Waals surface area contributed by atoms with Gasteiger partial charge in [0.15, 0.2) is 0 Å². The summed E-state index contributed by atoms with van der Waals surface area (Å²) in [4.78, 5) is 4.32. The van der Waals surface area contributed by atoms with Crippen LogP contribution in [0.2, 0.25) is 0 Å². The standard InChI is InChI=1S/C11H19N/c1-6-11(7-2)12-8-10(5)9(3)4/h6,8-9H,5,7H2,1-4H3/b11-6-,12-8-. The van der Waals surface area contributed by atoms with E-state index in [-0.39, 0.29) is 0 Å². The van der Waals surface area contributed by atoms with Gasteiger partial charge in [0.1, 0.15) is 0 Å². The highest BCUT2D eigenvalue weighted by atomic mass is 14.7. The molecule has 0 saturated carbocycles. The largest absolute Gasteiger partial charge is 0.261 e. The molecule has 0 unspecified atom stereocenters. The van der Waals surface area contributed by atoms with E-state index in [1.165, 1.54) is 0 Å². The summed E-state index contributed by atoms with van der Waals surface area (Å²) in [6, 6.07) is 0. The third kappa shape index (κ3) is 4.12.